The number of fused-ring (bicyclic) bond motifs is 1. The summed E-state index contributed by atoms with van der Waals surface area (Å²) in [4.78, 5) is 12.2. The van der Waals surface area contributed by atoms with E-state index in [-0.39, 0.29) is 5.91 Å². The number of hydrogen-bond acceptors (Lipinski definition) is 4. The van der Waals surface area contributed by atoms with Gasteiger partial charge in [-0.3, -0.25) is 4.79 Å². The van der Waals surface area contributed by atoms with E-state index < -0.39 is 0 Å². The first-order chi connectivity index (χ1) is 14.1. The summed E-state index contributed by atoms with van der Waals surface area (Å²) in [5, 5.41) is 3.83. The number of carbonyl (C=O) groups excluding carboxylic acids is 1. The molecule has 1 amide bonds. The maximum Gasteiger partial charge on any atom is 0.244 e. The molecule has 5 nitrogen and oxygen atoms in total. The van der Waals surface area contributed by atoms with Crippen molar-refractivity contribution in [3.63, 3.8) is 0 Å². The van der Waals surface area contributed by atoms with Crippen molar-refractivity contribution in [2.45, 2.75) is 27.2 Å². The molecule has 0 fully saturated rings. The number of benzene rings is 2. The smallest absolute Gasteiger partial charge is 0.244 e. The first-order valence-corrected chi connectivity index (χ1v) is 9.86. The fourth-order valence-electron chi connectivity index (χ4n) is 3.23. The van der Waals surface area contributed by atoms with Crippen LogP contribution < -0.4 is 14.8 Å². The van der Waals surface area contributed by atoms with Crippen LogP contribution in [-0.4, -0.2) is 26.2 Å². The van der Waals surface area contributed by atoms with Crippen molar-refractivity contribution < 1.29 is 18.7 Å². The van der Waals surface area contributed by atoms with Crippen LogP contribution in [0.2, 0.25) is 0 Å². The predicted octanol–water partition coefficient (Wildman–Crippen LogP) is 5.44. The zero-order valence-electron chi connectivity index (χ0n) is 17.4. The molecule has 2 aromatic carbocycles. The van der Waals surface area contributed by atoms with Gasteiger partial charge in [-0.25, -0.2) is 0 Å². The van der Waals surface area contributed by atoms with E-state index in [1.165, 1.54) is 0 Å². The average molecular weight is 393 g/mol. The Balaban J connectivity index is 2.09. The van der Waals surface area contributed by atoms with Crippen LogP contribution in [0.1, 0.15) is 32.8 Å². The largest absolute Gasteiger partial charge is 0.497 e. The molecule has 5 heteroatoms. The standard InChI is InChI=1S/C24H27NO4/c1-5-10-25-24(26)11-16(3)19-13-20-21(17-8-7-9-18(12-17)27-4)15-29-23(20)14-22(19)28-6-2/h7-9,11-15H,5-6,10H2,1-4H3,(H,25,26)/b16-11+. The Morgan fingerprint density at radius 1 is 1.21 bits per heavy atom. The molecule has 0 bridgehead atoms. The molecule has 29 heavy (non-hydrogen) atoms. The summed E-state index contributed by atoms with van der Waals surface area (Å²) in [6.07, 6.45) is 4.25. The van der Waals surface area contributed by atoms with E-state index in [0.29, 0.717) is 18.9 Å². The Morgan fingerprint density at radius 3 is 2.76 bits per heavy atom. The number of carbonyl (C=O) groups is 1. The molecule has 1 heterocycles. The van der Waals surface area contributed by atoms with Gasteiger partial charge in [-0.15, -0.1) is 0 Å². The third-order valence-electron chi connectivity index (χ3n) is 4.68. The van der Waals surface area contributed by atoms with Crippen LogP contribution in [0.3, 0.4) is 0 Å². The lowest BCUT2D eigenvalue weighted by atomic mass is 9.99. The summed E-state index contributed by atoms with van der Waals surface area (Å²) >= 11 is 0. The Morgan fingerprint density at radius 2 is 2.03 bits per heavy atom. The number of allylic oxidation sites excluding steroid dienone is 1. The molecule has 0 atom stereocenters. The lowest BCUT2D eigenvalue weighted by molar-refractivity contribution is -0.116. The van der Waals surface area contributed by atoms with Crippen molar-refractivity contribution in [3.05, 3.63) is 54.3 Å². The minimum Gasteiger partial charge on any atom is -0.497 e. The summed E-state index contributed by atoms with van der Waals surface area (Å²) in [6.45, 7) is 7.06. The number of amides is 1. The summed E-state index contributed by atoms with van der Waals surface area (Å²) in [5.74, 6) is 1.38. The maximum absolute atomic E-state index is 12.2. The molecule has 0 spiro atoms. The third-order valence-corrected chi connectivity index (χ3v) is 4.68. The van der Waals surface area contributed by atoms with E-state index in [2.05, 4.69) is 5.32 Å². The van der Waals surface area contributed by atoms with Crippen LogP contribution in [0.25, 0.3) is 27.7 Å². The number of nitrogens with one attached hydrogen (secondary N) is 1. The Kier molecular flexibility index (Phi) is 6.60. The second-order valence-electron chi connectivity index (χ2n) is 6.78. The van der Waals surface area contributed by atoms with Gasteiger partial charge in [0.15, 0.2) is 0 Å². The van der Waals surface area contributed by atoms with Crippen molar-refractivity contribution >= 4 is 22.4 Å². The second-order valence-corrected chi connectivity index (χ2v) is 6.78. The lowest BCUT2D eigenvalue weighted by Gasteiger charge is -2.12. The molecule has 152 valence electrons. The van der Waals surface area contributed by atoms with Crippen LogP contribution in [0.5, 0.6) is 11.5 Å². The lowest BCUT2D eigenvalue weighted by Crippen LogP contribution is -2.21. The molecule has 0 radical (unpaired) electrons. The van der Waals surface area contributed by atoms with E-state index in [9.17, 15) is 4.79 Å². The summed E-state index contributed by atoms with van der Waals surface area (Å²) < 4.78 is 17.0. The first kappa shape index (κ1) is 20.5. The highest BCUT2D eigenvalue weighted by molar-refractivity contribution is 6.00. The van der Waals surface area contributed by atoms with E-state index in [0.717, 1.165) is 45.4 Å². The number of hydrogen-bond donors (Lipinski definition) is 1. The van der Waals surface area contributed by atoms with Crippen LogP contribution in [0.4, 0.5) is 0 Å². The fourth-order valence-corrected chi connectivity index (χ4v) is 3.23. The Hall–Kier alpha value is -3.21. The molecule has 0 saturated heterocycles. The minimum atomic E-state index is -0.105. The van der Waals surface area contributed by atoms with Gasteiger partial charge in [-0.1, -0.05) is 19.1 Å². The van der Waals surface area contributed by atoms with Gasteiger partial charge in [-0.2, -0.15) is 0 Å². The van der Waals surface area contributed by atoms with E-state index in [1.807, 2.05) is 57.2 Å². The van der Waals surface area contributed by atoms with Gasteiger partial charge in [0, 0.05) is 35.2 Å². The molecule has 0 unspecified atom stereocenters. The molecule has 0 aliphatic carbocycles. The number of furan rings is 1. The minimum absolute atomic E-state index is 0.105. The fraction of sp³-hybridized carbons (Fsp3) is 0.292. The number of methoxy groups -OCH3 is 1. The van der Waals surface area contributed by atoms with Crippen molar-refractivity contribution in [2.24, 2.45) is 0 Å². The topological polar surface area (TPSA) is 60.7 Å². The average Bonchev–Trinajstić information content (AvgIpc) is 3.14. The van der Waals surface area contributed by atoms with Gasteiger partial charge in [0.1, 0.15) is 17.1 Å². The monoisotopic (exact) mass is 393 g/mol. The molecule has 3 aromatic rings. The highest BCUT2D eigenvalue weighted by Gasteiger charge is 2.15. The van der Waals surface area contributed by atoms with Gasteiger partial charge in [0.05, 0.1) is 20.0 Å². The quantitative estimate of drug-likeness (QED) is 0.518. The third kappa shape index (κ3) is 4.62. The Labute approximate surface area is 171 Å². The van der Waals surface area contributed by atoms with E-state index in [1.54, 1.807) is 19.4 Å². The predicted molar refractivity (Wildman–Crippen MR) is 116 cm³/mol. The second kappa shape index (κ2) is 9.32. The molecule has 3 rings (SSSR count). The molecule has 0 aliphatic heterocycles. The maximum atomic E-state index is 12.2. The van der Waals surface area contributed by atoms with Gasteiger partial charge in [0.25, 0.3) is 0 Å². The zero-order chi connectivity index (χ0) is 20.8. The van der Waals surface area contributed by atoms with Crippen molar-refractivity contribution in [3.8, 4) is 22.6 Å². The highest BCUT2D eigenvalue weighted by Crippen LogP contribution is 2.38. The first-order valence-electron chi connectivity index (χ1n) is 9.86. The van der Waals surface area contributed by atoms with Gasteiger partial charge in [0.2, 0.25) is 5.91 Å². The van der Waals surface area contributed by atoms with Crippen molar-refractivity contribution in [1.29, 1.82) is 0 Å². The van der Waals surface area contributed by atoms with Crippen molar-refractivity contribution in [2.75, 3.05) is 20.3 Å². The van der Waals surface area contributed by atoms with E-state index >= 15 is 0 Å². The molecule has 1 aromatic heterocycles. The van der Waals surface area contributed by atoms with Crippen LogP contribution in [0.15, 0.2) is 53.2 Å². The van der Waals surface area contributed by atoms with Gasteiger partial charge < -0.3 is 19.2 Å². The summed E-state index contributed by atoms with van der Waals surface area (Å²) in [7, 11) is 1.65. The van der Waals surface area contributed by atoms with E-state index in [4.69, 9.17) is 13.9 Å². The highest BCUT2D eigenvalue weighted by atomic mass is 16.5. The zero-order valence-corrected chi connectivity index (χ0v) is 17.4. The van der Waals surface area contributed by atoms with Crippen LogP contribution >= 0.6 is 0 Å². The molecular formula is C24H27NO4. The molecule has 0 saturated carbocycles. The van der Waals surface area contributed by atoms with Crippen molar-refractivity contribution in [1.82, 2.24) is 5.32 Å². The summed E-state index contributed by atoms with van der Waals surface area (Å²) in [6, 6.07) is 11.8. The molecule has 1 N–H and O–H groups in total. The van der Waals surface area contributed by atoms with Gasteiger partial charge >= 0.3 is 0 Å². The van der Waals surface area contributed by atoms with Crippen LogP contribution in [0, 0.1) is 0 Å². The number of ether oxygens (including phenoxy) is 2. The normalized spacial score (nSPS) is 11.5. The van der Waals surface area contributed by atoms with Gasteiger partial charge in [-0.05, 0) is 49.6 Å². The summed E-state index contributed by atoms with van der Waals surface area (Å²) in [5.41, 5.74) is 4.41. The molecular weight excluding hydrogens is 366 g/mol. The Bertz CT molecular complexity index is 1030. The SMILES string of the molecule is CCCNC(=O)/C=C(\C)c1cc2c(-c3cccc(OC)c3)coc2cc1OCC. The van der Waals surface area contributed by atoms with Crippen LogP contribution in [-0.2, 0) is 4.79 Å². The number of rotatable bonds is 8. The molecule has 0 aliphatic rings.